The van der Waals surface area contributed by atoms with Crippen LogP contribution in [0.1, 0.15) is 30.5 Å². The highest BCUT2D eigenvalue weighted by Crippen LogP contribution is 2.50. The van der Waals surface area contributed by atoms with Crippen LogP contribution in [-0.2, 0) is 22.6 Å². The number of nitrogens with one attached hydrogen (secondary N) is 4. The lowest BCUT2D eigenvalue weighted by atomic mass is 9.95. The van der Waals surface area contributed by atoms with Crippen LogP contribution in [-0.4, -0.2) is 55.8 Å². The van der Waals surface area contributed by atoms with Crippen LogP contribution in [0, 0.1) is 0 Å². The number of H-pyrrole nitrogens is 1. The van der Waals surface area contributed by atoms with E-state index >= 15 is 0 Å². The molecule has 46 heavy (non-hydrogen) atoms. The minimum Gasteiger partial charge on any atom is -0.493 e. The standard InChI is InChI=1S/C33H35N5O8/c1-18(39)36-22-11-9-19-15-27(44-2)30(45-3)31(46-4)29(19)20-10-12-24(26(40)16-21(20)22)35-17-28(41)34-13-14-38-25-8-6-5-7-23(25)37-32(42)33(38)43/h5-8,10,12,15-16,22H,9,11,13-14,17H2,1-4H3,(H,34,41)(H,35,40)(H,36,39)(H,37,42)/t22-/m0/s1. The smallest absolute Gasteiger partial charge is 0.316 e. The van der Waals surface area contributed by atoms with Crippen molar-refractivity contribution in [2.24, 2.45) is 0 Å². The largest absolute Gasteiger partial charge is 0.493 e. The summed E-state index contributed by atoms with van der Waals surface area (Å²) in [6.07, 6.45) is 1.08. The number of methoxy groups -OCH3 is 3. The molecule has 0 radical (unpaired) electrons. The zero-order valence-electron chi connectivity index (χ0n) is 25.9. The van der Waals surface area contributed by atoms with Gasteiger partial charge in [-0.05, 0) is 59.9 Å². The number of ether oxygens (including phenoxy) is 3. The lowest BCUT2D eigenvalue weighted by Crippen LogP contribution is -2.40. The Balaban J connectivity index is 1.41. The molecule has 0 aliphatic heterocycles. The number of benzene rings is 2. The second kappa shape index (κ2) is 13.6. The van der Waals surface area contributed by atoms with Crippen LogP contribution < -0.4 is 46.7 Å². The van der Waals surface area contributed by atoms with Gasteiger partial charge < -0.3 is 39.7 Å². The molecule has 3 aromatic carbocycles. The van der Waals surface area contributed by atoms with Crippen LogP contribution in [0.2, 0.25) is 0 Å². The summed E-state index contributed by atoms with van der Waals surface area (Å²) in [4.78, 5) is 65.4. The number of aromatic amines is 1. The van der Waals surface area contributed by atoms with Crippen LogP contribution in [0.25, 0.3) is 22.2 Å². The van der Waals surface area contributed by atoms with Gasteiger partial charge in [0, 0.05) is 25.6 Å². The second-order valence-electron chi connectivity index (χ2n) is 10.7. The Morgan fingerprint density at radius 1 is 0.978 bits per heavy atom. The molecule has 4 N–H and O–H groups in total. The predicted molar refractivity (Wildman–Crippen MR) is 173 cm³/mol. The SMILES string of the molecule is COc1cc2c(c(OC)c1OC)-c1ccc(NCC(=O)NCCn3c(=O)c(=O)[nH]c4ccccc43)c(=O)cc1[C@@H](NC(C)=O)CC2. The highest BCUT2D eigenvalue weighted by molar-refractivity contribution is 5.84. The first-order valence-corrected chi connectivity index (χ1v) is 14.7. The molecule has 5 rings (SSSR count). The lowest BCUT2D eigenvalue weighted by Gasteiger charge is -2.19. The molecule has 0 bridgehead atoms. The van der Waals surface area contributed by atoms with Crippen molar-refractivity contribution in [1.29, 1.82) is 0 Å². The quantitative estimate of drug-likeness (QED) is 0.192. The van der Waals surface area contributed by atoms with Crippen molar-refractivity contribution < 1.29 is 23.8 Å². The third-order valence-electron chi connectivity index (χ3n) is 7.90. The first kappa shape index (κ1) is 31.8. The zero-order valence-corrected chi connectivity index (χ0v) is 25.9. The van der Waals surface area contributed by atoms with Crippen LogP contribution in [0.15, 0.2) is 62.9 Å². The summed E-state index contributed by atoms with van der Waals surface area (Å²) in [5, 5.41) is 8.59. The first-order chi connectivity index (χ1) is 22.2. The fourth-order valence-corrected chi connectivity index (χ4v) is 5.84. The molecule has 1 atom stereocenters. The maximum Gasteiger partial charge on any atom is 0.316 e. The topological polar surface area (TPSA) is 170 Å². The van der Waals surface area contributed by atoms with Gasteiger partial charge in [-0.1, -0.05) is 18.2 Å². The number of aryl methyl sites for hydroxylation is 1. The Bertz CT molecular complexity index is 2000. The fourth-order valence-electron chi connectivity index (χ4n) is 5.84. The molecule has 0 saturated heterocycles. The summed E-state index contributed by atoms with van der Waals surface area (Å²) in [7, 11) is 4.57. The van der Waals surface area contributed by atoms with Gasteiger partial charge in [-0.3, -0.25) is 24.0 Å². The number of amides is 2. The number of carbonyl (C=O) groups excluding carboxylic acids is 2. The third kappa shape index (κ3) is 6.29. The number of fused-ring (bicyclic) bond motifs is 4. The summed E-state index contributed by atoms with van der Waals surface area (Å²) < 4.78 is 18.3. The lowest BCUT2D eigenvalue weighted by molar-refractivity contribution is -0.120. The van der Waals surface area contributed by atoms with Gasteiger partial charge in [-0.15, -0.1) is 0 Å². The molecular formula is C33H35N5O8. The molecule has 0 unspecified atom stereocenters. The van der Waals surface area contributed by atoms with E-state index in [9.17, 15) is 24.0 Å². The van der Waals surface area contributed by atoms with Gasteiger partial charge in [0.1, 0.15) is 0 Å². The predicted octanol–water partition coefficient (Wildman–Crippen LogP) is 2.09. The molecule has 1 aliphatic carbocycles. The molecule has 1 aromatic heterocycles. The van der Waals surface area contributed by atoms with Crippen molar-refractivity contribution >= 4 is 28.5 Å². The highest BCUT2D eigenvalue weighted by Gasteiger charge is 2.29. The number of hydrogen-bond acceptors (Lipinski definition) is 9. The molecule has 2 amide bonds. The molecule has 0 spiro atoms. The Morgan fingerprint density at radius 2 is 1.74 bits per heavy atom. The molecule has 0 saturated carbocycles. The number of para-hydroxylation sites is 2. The molecule has 240 valence electrons. The minimum atomic E-state index is -0.747. The van der Waals surface area contributed by atoms with Gasteiger partial charge in [-0.25, -0.2) is 0 Å². The van der Waals surface area contributed by atoms with Crippen LogP contribution in [0.5, 0.6) is 17.2 Å². The molecule has 1 heterocycles. The van der Waals surface area contributed by atoms with Crippen LogP contribution >= 0.6 is 0 Å². The average Bonchev–Trinajstić information content (AvgIpc) is 3.28. The van der Waals surface area contributed by atoms with E-state index in [1.54, 1.807) is 36.4 Å². The molecule has 1 aliphatic rings. The van der Waals surface area contributed by atoms with E-state index in [0.29, 0.717) is 57.8 Å². The van der Waals surface area contributed by atoms with Gasteiger partial charge in [0.25, 0.3) is 0 Å². The van der Waals surface area contributed by atoms with E-state index in [0.717, 1.165) is 5.56 Å². The van der Waals surface area contributed by atoms with Gasteiger partial charge in [0.2, 0.25) is 23.0 Å². The fraction of sp³-hybridized carbons (Fsp3) is 0.303. The maximum atomic E-state index is 13.5. The minimum absolute atomic E-state index is 0.0782. The van der Waals surface area contributed by atoms with Crippen molar-refractivity contribution in [1.82, 2.24) is 20.2 Å². The number of aromatic nitrogens is 2. The average molecular weight is 630 g/mol. The number of carbonyl (C=O) groups is 2. The van der Waals surface area contributed by atoms with Gasteiger partial charge >= 0.3 is 11.1 Å². The summed E-state index contributed by atoms with van der Waals surface area (Å²) in [6.45, 7) is 1.35. The van der Waals surface area contributed by atoms with Crippen molar-refractivity contribution in [2.45, 2.75) is 32.4 Å². The molecule has 4 aromatic rings. The van der Waals surface area contributed by atoms with Crippen LogP contribution in [0.4, 0.5) is 5.69 Å². The first-order valence-electron chi connectivity index (χ1n) is 14.7. The summed E-state index contributed by atoms with van der Waals surface area (Å²) >= 11 is 0. The Hall–Kier alpha value is -5.59. The second-order valence-corrected chi connectivity index (χ2v) is 10.7. The van der Waals surface area contributed by atoms with Crippen molar-refractivity contribution in [3.63, 3.8) is 0 Å². The Morgan fingerprint density at radius 3 is 2.46 bits per heavy atom. The third-order valence-corrected chi connectivity index (χ3v) is 7.90. The number of rotatable bonds is 10. The number of anilines is 1. The van der Waals surface area contributed by atoms with E-state index < -0.39 is 23.1 Å². The van der Waals surface area contributed by atoms with E-state index in [1.807, 2.05) is 6.07 Å². The van der Waals surface area contributed by atoms with Gasteiger partial charge in [0.15, 0.2) is 11.5 Å². The van der Waals surface area contributed by atoms with E-state index in [2.05, 4.69) is 20.9 Å². The molecular weight excluding hydrogens is 594 g/mol. The van der Waals surface area contributed by atoms with Crippen molar-refractivity contribution in [3.8, 4) is 28.4 Å². The number of nitrogens with zero attached hydrogens (tertiary/aromatic N) is 1. The monoisotopic (exact) mass is 629 g/mol. The summed E-state index contributed by atoms with van der Waals surface area (Å²) in [5.74, 6) is 0.657. The Labute approximate surface area is 263 Å². The molecule has 13 heteroatoms. The van der Waals surface area contributed by atoms with Gasteiger partial charge in [-0.2, -0.15) is 0 Å². The molecule has 13 nitrogen and oxygen atoms in total. The number of hydrogen-bond donors (Lipinski definition) is 4. The zero-order chi connectivity index (χ0) is 33.0. The van der Waals surface area contributed by atoms with Crippen molar-refractivity contribution in [3.05, 3.63) is 90.6 Å². The van der Waals surface area contributed by atoms with Crippen molar-refractivity contribution in [2.75, 3.05) is 39.7 Å². The molecule has 0 fully saturated rings. The summed E-state index contributed by atoms with van der Waals surface area (Å²) in [5.41, 5.74) is 2.24. The Kier molecular flexibility index (Phi) is 9.40. The highest BCUT2D eigenvalue weighted by atomic mass is 16.5. The van der Waals surface area contributed by atoms with E-state index in [4.69, 9.17) is 14.2 Å². The van der Waals surface area contributed by atoms with E-state index in [1.165, 1.54) is 38.9 Å². The van der Waals surface area contributed by atoms with Gasteiger partial charge in [0.05, 0.1) is 50.6 Å². The summed E-state index contributed by atoms with van der Waals surface area (Å²) in [6, 6.07) is 13.1. The maximum absolute atomic E-state index is 13.5. The normalized spacial score (nSPS) is 13.5. The van der Waals surface area contributed by atoms with Crippen LogP contribution in [0.3, 0.4) is 0 Å². The van der Waals surface area contributed by atoms with E-state index in [-0.39, 0.29) is 36.7 Å².